The third-order valence-corrected chi connectivity index (χ3v) is 3.84. The Morgan fingerprint density at radius 2 is 2.00 bits per heavy atom. The van der Waals surface area contributed by atoms with E-state index in [4.69, 9.17) is 26.2 Å². The fraction of sp³-hybridized carbons (Fsp3) is 0.278. The largest absolute Gasteiger partial charge is 0.493 e. The van der Waals surface area contributed by atoms with Gasteiger partial charge in [-0.05, 0) is 36.8 Å². The van der Waals surface area contributed by atoms with E-state index in [1.807, 2.05) is 13.0 Å². The van der Waals surface area contributed by atoms with Crippen molar-refractivity contribution >= 4 is 23.3 Å². The Bertz CT molecular complexity index is 724. The zero-order chi connectivity index (χ0) is 18.2. The van der Waals surface area contributed by atoms with E-state index in [2.05, 4.69) is 10.6 Å². The molecule has 1 atom stereocenters. The van der Waals surface area contributed by atoms with Crippen LogP contribution in [0.2, 0.25) is 5.02 Å². The number of nitrogens with one attached hydrogen (secondary N) is 2. The minimum atomic E-state index is -0.361. The Hall–Kier alpha value is -2.44. The Labute approximate surface area is 151 Å². The van der Waals surface area contributed by atoms with Gasteiger partial charge in [-0.3, -0.25) is 0 Å². The van der Waals surface area contributed by atoms with E-state index in [1.165, 1.54) is 7.11 Å². The van der Waals surface area contributed by atoms with Gasteiger partial charge in [-0.25, -0.2) is 4.79 Å². The van der Waals surface area contributed by atoms with E-state index < -0.39 is 0 Å². The second kappa shape index (κ2) is 9.15. The molecule has 2 rings (SSSR count). The summed E-state index contributed by atoms with van der Waals surface area (Å²) in [6, 6.07) is 11.8. The summed E-state index contributed by atoms with van der Waals surface area (Å²) in [4.78, 5) is 12.1. The maximum absolute atomic E-state index is 12.1. The molecule has 0 unspecified atom stereocenters. The second-order valence-corrected chi connectivity index (χ2v) is 5.69. The van der Waals surface area contributed by atoms with Crippen LogP contribution in [0.25, 0.3) is 0 Å². The maximum atomic E-state index is 12.1. The van der Waals surface area contributed by atoms with Crippen molar-refractivity contribution in [2.45, 2.75) is 13.0 Å². The lowest BCUT2D eigenvalue weighted by molar-refractivity contribution is 0.196. The van der Waals surface area contributed by atoms with Crippen LogP contribution in [-0.4, -0.2) is 31.5 Å². The van der Waals surface area contributed by atoms with Crippen molar-refractivity contribution in [3.05, 3.63) is 53.1 Å². The van der Waals surface area contributed by atoms with Gasteiger partial charge in [0.05, 0.1) is 30.5 Å². The molecule has 0 aliphatic rings. The van der Waals surface area contributed by atoms with Gasteiger partial charge in [-0.2, -0.15) is 0 Å². The molecule has 2 aromatic carbocycles. The van der Waals surface area contributed by atoms with Crippen molar-refractivity contribution in [1.29, 1.82) is 0 Å². The molecular formula is C18H21ClN2O4. The molecule has 7 heteroatoms. The third kappa shape index (κ3) is 5.27. The fourth-order valence-corrected chi connectivity index (χ4v) is 2.41. The molecule has 0 saturated heterocycles. The van der Waals surface area contributed by atoms with Gasteiger partial charge in [0.25, 0.3) is 0 Å². The number of carbonyl (C=O) groups is 1. The predicted octanol–water partition coefficient (Wildman–Crippen LogP) is 3.60. The van der Waals surface area contributed by atoms with Gasteiger partial charge < -0.3 is 25.2 Å². The van der Waals surface area contributed by atoms with Crippen molar-refractivity contribution in [3.8, 4) is 11.5 Å². The average Bonchev–Trinajstić information content (AvgIpc) is 2.61. The highest BCUT2D eigenvalue weighted by molar-refractivity contribution is 6.33. The van der Waals surface area contributed by atoms with E-state index in [9.17, 15) is 4.79 Å². The number of ether oxygens (including phenoxy) is 2. The number of rotatable bonds is 7. The first kappa shape index (κ1) is 18.9. The van der Waals surface area contributed by atoms with Crippen molar-refractivity contribution in [1.82, 2.24) is 5.32 Å². The number of benzene rings is 2. The van der Waals surface area contributed by atoms with Crippen LogP contribution < -0.4 is 20.1 Å². The molecule has 0 spiro atoms. The SMILES string of the molecule is COc1cc([C@@H](C)NC(=O)Nc2ccccc2Cl)ccc1OCCO. The summed E-state index contributed by atoms with van der Waals surface area (Å²) in [5, 5.41) is 14.9. The zero-order valence-electron chi connectivity index (χ0n) is 14.1. The minimum absolute atomic E-state index is 0.0783. The van der Waals surface area contributed by atoms with Gasteiger partial charge in [0.1, 0.15) is 6.61 Å². The van der Waals surface area contributed by atoms with E-state index in [-0.39, 0.29) is 25.3 Å². The van der Waals surface area contributed by atoms with E-state index >= 15 is 0 Å². The number of methoxy groups -OCH3 is 1. The molecule has 3 N–H and O–H groups in total. The summed E-state index contributed by atoms with van der Waals surface area (Å²) in [5.74, 6) is 1.07. The molecule has 134 valence electrons. The van der Waals surface area contributed by atoms with Gasteiger partial charge in [0, 0.05) is 0 Å². The molecule has 2 amide bonds. The number of anilines is 1. The molecule has 0 fully saturated rings. The molecule has 0 aliphatic heterocycles. The Morgan fingerprint density at radius 1 is 1.24 bits per heavy atom. The number of halogens is 1. The molecule has 0 bridgehead atoms. The van der Waals surface area contributed by atoms with Crippen LogP contribution in [0.5, 0.6) is 11.5 Å². The molecular weight excluding hydrogens is 344 g/mol. The molecule has 0 radical (unpaired) electrons. The molecule has 0 heterocycles. The molecule has 2 aromatic rings. The molecule has 6 nitrogen and oxygen atoms in total. The fourth-order valence-electron chi connectivity index (χ4n) is 2.23. The zero-order valence-corrected chi connectivity index (χ0v) is 14.8. The first-order valence-corrected chi connectivity index (χ1v) is 8.16. The molecule has 0 aliphatic carbocycles. The third-order valence-electron chi connectivity index (χ3n) is 3.51. The second-order valence-electron chi connectivity index (χ2n) is 5.28. The van der Waals surface area contributed by atoms with Crippen molar-refractivity contribution in [3.63, 3.8) is 0 Å². The predicted molar refractivity (Wildman–Crippen MR) is 97.6 cm³/mol. The lowest BCUT2D eigenvalue weighted by atomic mass is 10.1. The van der Waals surface area contributed by atoms with Crippen molar-refractivity contribution in [2.24, 2.45) is 0 Å². The number of aliphatic hydroxyl groups is 1. The van der Waals surface area contributed by atoms with Crippen molar-refractivity contribution < 1.29 is 19.4 Å². The van der Waals surface area contributed by atoms with E-state index in [1.54, 1.807) is 36.4 Å². The number of para-hydroxylation sites is 1. The first-order valence-electron chi connectivity index (χ1n) is 7.78. The topological polar surface area (TPSA) is 79.8 Å². The van der Waals surface area contributed by atoms with Crippen LogP contribution >= 0.6 is 11.6 Å². The van der Waals surface area contributed by atoms with Gasteiger partial charge >= 0.3 is 6.03 Å². The normalized spacial score (nSPS) is 11.5. The first-order chi connectivity index (χ1) is 12.0. The van der Waals surface area contributed by atoms with Gasteiger partial charge in [-0.15, -0.1) is 0 Å². The highest BCUT2D eigenvalue weighted by Gasteiger charge is 2.13. The number of carbonyl (C=O) groups excluding carboxylic acids is 1. The molecule has 0 saturated carbocycles. The van der Waals surface area contributed by atoms with E-state index in [0.29, 0.717) is 22.2 Å². The van der Waals surface area contributed by atoms with Gasteiger partial charge in [-0.1, -0.05) is 29.8 Å². The number of urea groups is 1. The maximum Gasteiger partial charge on any atom is 0.319 e. The lowest BCUT2D eigenvalue weighted by Crippen LogP contribution is -2.31. The number of aliphatic hydroxyl groups excluding tert-OH is 1. The van der Waals surface area contributed by atoms with Crippen molar-refractivity contribution in [2.75, 3.05) is 25.6 Å². The summed E-state index contributed by atoms with van der Waals surface area (Å²) in [7, 11) is 1.53. The summed E-state index contributed by atoms with van der Waals surface area (Å²) < 4.78 is 10.7. The molecule has 25 heavy (non-hydrogen) atoms. The smallest absolute Gasteiger partial charge is 0.319 e. The Balaban J connectivity index is 2.03. The van der Waals surface area contributed by atoms with Crippen LogP contribution in [0.15, 0.2) is 42.5 Å². The van der Waals surface area contributed by atoms with Crippen LogP contribution in [0.3, 0.4) is 0 Å². The number of hydrogen-bond donors (Lipinski definition) is 3. The number of amides is 2. The molecule has 0 aromatic heterocycles. The van der Waals surface area contributed by atoms with Crippen LogP contribution in [0.1, 0.15) is 18.5 Å². The summed E-state index contributed by atoms with van der Waals surface area (Å²) in [5.41, 5.74) is 1.39. The van der Waals surface area contributed by atoms with E-state index in [0.717, 1.165) is 5.56 Å². The van der Waals surface area contributed by atoms with Gasteiger partial charge in [0.15, 0.2) is 11.5 Å². The summed E-state index contributed by atoms with van der Waals surface area (Å²) >= 11 is 6.03. The monoisotopic (exact) mass is 364 g/mol. The summed E-state index contributed by atoms with van der Waals surface area (Å²) in [6.45, 7) is 1.96. The van der Waals surface area contributed by atoms with Crippen LogP contribution in [0, 0.1) is 0 Å². The standard InChI is InChI=1S/C18H21ClN2O4/c1-12(20-18(23)21-15-6-4-3-5-14(15)19)13-7-8-16(25-10-9-22)17(11-13)24-2/h3-8,11-12,22H,9-10H2,1-2H3,(H2,20,21,23)/t12-/m1/s1. The minimum Gasteiger partial charge on any atom is -0.493 e. The average molecular weight is 365 g/mol. The number of hydrogen-bond acceptors (Lipinski definition) is 4. The Morgan fingerprint density at radius 3 is 2.68 bits per heavy atom. The van der Waals surface area contributed by atoms with Gasteiger partial charge in [0.2, 0.25) is 0 Å². The van der Waals surface area contributed by atoms with Crippen LogP contribution in [0.4, 0.5) is 10.5 Å². The highest BCUT2D eigenvalue weighted by atomic mass is 35.5. The lowest BCUT2D eigenvalue weighted by Gasteiger charge is -2.17. The van der Waals surface area contributed by atoms with Crippen LogP contribution in [-0.2, 0) is 0 Å². The Kier molecular flexibility index (Phi) is 6.91. The highest BCUT2D eigenvalue weighted by Crippen LogP contribution is 2.30. The summed E-state index contributed by atoms with van der Waals surface area (Å²) in [6.07, 6.45) is 0. The quantitative estimate of drug-likeness (QED) is 0.701.